The number of aryl methyl sites for hydroxylation is 1. The van der Waals surface area contributed by atoms with E-state index in [9.17, 15) is 4.79 Å². The third kappa shape index (κ3) is 2.50. The zero-order valence-corrected chi connectivity index (χ0v) is 9.75. The number of rotatable bonds is 3. The van der Waals surface area contributed by atoms with Gasteiger partial charge in [0.15, 0.2) is 0 Å². The van der Waals surface area contributed by atoms with Crippen molar-refractivity contribution in [3.8, 4) is 0 Å². The molecule has 17 heavy (non-hydrogen) atoms. The number of aromatic nitrogens is 3. The van der Waals surface area contributed by atoms with E-state index in [0.717, 1.165) is 16.6 Å². The molecule has 0 radical (unpaired) electrons. The van der Waals surface area contributed by atoms with Gasteiger partial charge in [0.1, 0.15) is 5.52 Å². The second-order valence-electron chi connectivity index (χ2n) is 3.59. The Kier molecular flexibility index (Phi) is 3.18. The summed E-state index contributed by atoms with van der Waals surface area (Å²) in [5.41, 5.74) is 2.79. The van der Waals surface area contributed by atoms with Crippen molar-refractivity contribution in [1.82, 2.24) is 15.0 Å². The van der Waals surface area contributed by atoms with Crippen molar-refractivity contribution in [3.63, 3.8) is 0 Å². The molecule has 0 aliphatic heterocycles. The van der Waals surface area contributed by atoms with E-state index in [2.05, 4.69) is 10.3 Å². The van der Waals surface area contributed by atoms with Gasteiger partial charge in [-0.2, -0.15) is 0 Å². The molecule has 0 fully saturated rings. The third-order valence-electron chi connectivity index (χ3n) is 2.26. The molecule has 0 saturated heterocycles. The van der Waals surface area contributed by atoms with Gasteiger partial charge in [0.2, 0.25) is 0 Å². The molecule has 0 spiro atoms. The van der Waals surface area contributed by atoms with Crippen molar-refractivity contribution in [2.24, 2.45) is 0 Å². The fourth-order valence-electron chi connectivity index (χ4n) is 1.48. The fourth-order valence-corrected chi connectivity index (χ4v) is 1.48. The van der Waals surface area contributed by atoms with E-state index in [-0.39, 0.29) is 5.97 Å². The summed E-state index contributed by atoms with van der Waals surface area (Å²) in [6.45, 7) is 4.12. The molecular formula is C12H13N3O2. The first-order valence-electron chi connectivity index (χ1n) is 5.37. The van der Waals surface area contributed by atoms with Crippen LogP contribution in [0.3, 0.4) is 0 Å². The van der Waals surface area contributed by atoms with Crippen LogP contribution in [0.4, 0.5) is 0 Å². The lowest BCUT2D eigenvalue weighted by atomic mass is 10.2. The molecule has 0 aliphatic rings. The fraction of sp³-hybridized carbons (Fsp3) is 0.250. The van der Waals surface area contributed by atoms with Crippen LogP contribution in [-0.4, -0.2) is 27.6 Å². The van der Waals surface area contributed by atoms with Crippen molar-refractivity contribution in [2.45, 2.75) is 13.8 Å². The minimum absolute atomic E-state index is 0.362. The van der Waals surface area contributed by atoms with Crippen LogP contribution < -0.4 is 0 Å². The van der Waals surface area contributed by atoms with E-state index in [1.807, 2.05) is 25.1 Å². The lowest BCUT2D eigenvalue weighted by Gasteiger charge is -1.96. The smallest absolute Gasteiger partial charge is 0.332 e. The molecule has 0 bridgehead atoms. The minimum atomic E-state index is -0.386. The van der Waals surface area contributed by atoms with Crippen LogP contribution in [0.25, 0.3) is 17.2 Å². The van der Waals surface area contributed by atoms with Crippen LogP contribution in [0.1, 0.15) is 12.5 Å². The van der Waals surface area contributed by atoms with Crippen LogP contribution in [0.5, 0.6) is 0 Å². The van der Waals surface area contributed by atoms with Gasteiger partial charge in [-0.05, 0) is 31.5 Å². The van der Waals surface area contributed by atoms with Gasteiger partial charge in [0.25, 0.3) is 0 Å². The Labute approximate surface area is 98.7 Å². The summed E-state index contributed by atoms with van der Waals surface area (Å²) in [4.78, 5) is 11.2. The number of carbonyl (C=O) groups excluding carboxylic acids is 1. The van der Waals surface area contributed by atoms with Gasteiger partial charge in [0.05, 0.1) is 12.1 Å². The molecule has 88 valence electrons. The Balaban J connectivity index is 2.28. The zero-order valence-electron chi connectivity index (χ0n) is 9.75. The normalized spacial score (nSPS) is 11.2. The average molecular weight is 231 g/mol. The van der Waals surface area contributed by atoms with Crippen LogP contribution in [-0.2, 0) is 9.53 Å². The second-order valence-corrected chi connectivity index (χ2v) is 3.59. The summed E-state index contributed by atoms with van der Waals surface area (Å²) in [6, 6.07) is 5.83. The van der Waals surface area contributed by atoms with Crippen molar-refractivity contribution in [3.05, 3.63) is 29.8 Å². The number of benzene rings is 1. The van der Waals surface area contributed by atoms with Gasteiger partial charge in [-0.25, -0.2) is 9.48 Å². The number of esters is 1. The number of hydrogen-bond acceptors (Lipinski definition) is 4. The third-order valence-corrected chi connectivity index (χ3v) is 2.26. The van der Waals surface area contributed by atoms with Gasteiger partial charge >= 0.3 is 5.97 Å². The summed E-state index contributed by atoms with van der Waals surface area (Å²) >= 11 is 0. The number of nitrogens with zero attached hydrogens (tertiary/aromatic N) is 3. The molecule has 0 amide bonds. The highest BCUT2D eigenvalue weighted by molar-refractivity contribution is 5.86. The standard InChI is InChI=1S/C12H13N3O2/c1-3-17-12(16)6-7-15-11-5-4-9(2)8-10(11)13-14-15/h4-8H,3H2,1-2H3/b7-6+. The summed E-state index contributed by atoms with van der Waals surface area (Å²) in [7, 11) is 0. The van der Waals surface area contributed by atoms with E-state index >= 15 is 0 Å². The Morgan fingerprint density at radius 1 is 1.53 bits per heavy atom. The molecule has 0 saturated carbocycles. The molecule has 0 N–H and O–H groups in total. The summed E-state index contributed by atoms with van der Waals surface area (Å²) < 4.78 is 6.33. The maximum absolute atomic E-state index is 11.2. The molecule has 5 heteroatoms. The highest BCUT2D eigenvalue weighted by Crippen LogP contribution is 2.12. The predicted octanol–water partition coefficient (Wildman–Crippen LogP) is 1.77. The molecule has 5 nitrogen and oxygen atoms in total. The Hall–Kier alpha value is -2.17. The maximum Gasteiger partial charge on any atom is 0.332 e. The molecular weight excluding hydrogens is 218 g/mol. The van der Waals surface area contributed by atoms with Crippen molar-refractivity contribution in [2.75, 3.05) is 6.61 Å². The summed E-state index contributed by atoms with van der Waals surface area (Å²) in [5.74, 6) is -0.386. The minimum Gasteiger partial charge on any atom is -0.463 e. The Morgan fingerprint density at radius 3 is 3.12 bits per heavy atom. The first-order valence-corrected chi connectivity index (χ1v) is 5.37. The van der Waals surface area contributed by atoms with Gasteiger partial charge in [-0.15, -0.1) is 5.10 Å². The predicted molar refractivity (Wildman–Crippen MR) is 64.2 cm³/mol. The number of hydrogen-bond donors (Lipinski definition) is 0. The Morgan fingerprint density at radius 2 is 2.35 bits per heavy atom. The largest absolute Gasteiger partial charge is 0.463 e. The second kappa shape index (κ2) is 4.78. The topological polar surface area (TPSA) is 57.0 Å². The van der Waals surface area contributed by atoms with Crippen LogP contribution in [0.15, 0.2) is 24.3 Å². The van der Waals surface area contributed by atoms with Crippen LogP contribution in [0.2, 0.25) is 0 Å². The van der Waals surface area contributed by atoms with E-state index in [4.69, 9.17) is 4.74 Å². The molecule has 0 atom stereocenters. The first-order chi connectivity index (χ1) is 8.20. The summed E-state index contributed by atoms with van der Waals surface area (Å²) in [6.07, 6.45) is 2.88. The zero-order chi connectivity index (χ0) is 12.3. The van der Waals surface area contributed by atoms with Gasteiger partial charge in [-0.1, -0.05) is 11.3 Å². The van der Waals surface area contributed by atoms with E-state index in [1.165, 1.54) is 6.08 Å². The van der Waals surface area contributed by atoms with E-state index in [0.29, 0.717) is 6.61 Å². The van der Waals surface area contributed by atoms with Crippen molar-refractivity contribution < 1.29 is 9.53 Å². The lowest BCUT2D eigenvalue weighted by Crippen LogP contribution is -2.00. The van der Waals surface area contributed by atoms with Crippen molar-refractivity contribution >= 4 is 23.2 Å². The van der Waals surface area contributed by atoms with Crippen LogP contribution in [0, 0.1) is 6.92 Å². The van der Waals surface area contributed by atoms with E-state index in [1.54, 1.807) is 17.8 Å². The molecule has 2 aromatic rings. The average Bonchev–Trinajstić information content (AvgIpc) is 2.69. The number of fused-ring (bicyclic) bond motifs is 1. The maximum atomic E-state index is 11.2. The number of ether oxygens (including phenoxy) is 1. The SMILES string of the molecule is CCOC(=O)/C=C/n1nnc2cc(C)ccc21. The first kappa shape index (κ1) is 11.3. The molecule has 0 aliphatic carbocycles. The molecule has 0 unspecified atom stereocenters. The monoisotopic (exact) mass is 231 g/mol. The molecule has 1 aromatic carbocycles. The highest BCUT2D eigenvalue weighted by Gasteiger charge is 2.02. The lowest BCUT2D eigenvalue weighted by molar-refractivity contribution is -0.137. The quantitative estimate of drug-likeness (QED) is 0.596. The molecule has 1 heterocycles. The summed E-state index contributed by atoms with van der Waals surface area (Å²) in [5, 5.41) is 7.95. The van der Waals surface area contributed by atoms with E-state index < -0.39 is 0 Å². The number of carbonyl (C=O) groups is 1. The van der Waals surface area contributed by atoms with Crippen LogP contribution >= 0.6 is 0 Å². The van der Waals surface area contributed by atoms with Crippen molar-refractivity contribution in [1.29, 1.82) is 0 Å². The van der Waals surface area contributed by atoms with Gasteiger partial charge < -0.3 is 4.74 Å². The van der Waals surface area contributed by atoms with Gasteiger partial charge in [0, 0.05) is 12.3 Å². The van der Waals surface area contributed by atoms with Gasteiger partial charge in [-0.3, -0.25) is 0 Å². The molecule has 2 rings (SSSR count). The highest BCUT2D eigenvalue weighted by atomic mass is 16.5. The Bertz CT molecular complexity index is 572. The molecule has 1 aromatic heterocycles.